The lowest BCUT2D eigenvalue weighted by molar-refractivity contribution is 0.0752. The van der Waals surface area contributed by atoms with E-state index in [2.05, 4.69) is 0 Å². The van der Waals surface area contributed by atoms with Gasteiger partial charge in [0.15, 0.2) is 0 Å². The first-order valence-corrected chi connectivity index (χ1v) is 7.13. The Labute approximate surface area is 125 Å². The Kier molecular flexibility index (Phi) is 4.73. The zero-order chi connectivity index (χ0) is 15.4. The molecule has 2 aromatic rings. The molecule has 0 radical (unpaired) electrons. The third-order valence-corrected chi connectivity index (χ3v) is 3.70. The maximum Gasteiger partial charge on any atom is 0.254 e. The first kappa shape index (κ1) is 15.2. The van der Waals surface area contributed by atoms with Crippen molar-refractivity contribution in [3.05, 3.63) is 70.5 Å². The Morgan fingerprint density at radius 1 is 1.10 bits per heavy atom. The van der Waals surface area contributed by atoms with E-state index in [-0.39, 0.29) is 11.7 Å². The fourth-order valence-corrected chi connectivity index (χ4v) is 2.28. The van der Waals surface area contributed by atoms with E-state index < -0.39 is 0 Å². The first-order valence-electron chi connectivity index (χ1n) is 7.13. The highest BCUT2D eigenvalue weighted by molar-refractivity contribution is 5.94. The fraction of sp³-hybridized carbons (Fsp3) is 0.278. The van der Waals surface area contributed by atoms with Gasteiger partial charge in [-0.25, -0.2) is 4.39 Å². The van der Waals surface area contributed by atoms with Crippen molar-refractivity contribution in [3.8, 4) is 0 Å². The maximum absolute atomic E-state index is 13.3. The first-order chi connectivity index (χ1) is 10.0. The topological polar surface area (TPSA) is 20.3 Å². The molecule has 0 spiro atoms. The molecule has 0 aliphatic carbocycles. The molecular weight excluding hydrogens is 265 g/mol. The Morgan fingerprint density at radius 2 is 1.81 bits per heavy atom. The number of benzene rings is 2. The average molecular weight is 285 g/mol. The van der Waals surface area contributed by atoms with Gasteiger partial charge >= 0.3 is 0 Å². The number of amides is 1. The van der Waals surface area contributed by atoms with Crippen molar-refractivity contribution in [2.24, 2.45) is 0 Å². The number of carbonyl (C=O) groups is 1. The third kappa shape index (κ3) is 3.48. The molecule has 0 aromatic heterocycles. The van der Waals surface area contributed by atoms with Crippen LogP contribution in [0, 0.1) is 19.7 Å². The number of rotatable bonds is 4. The van der Waals surface area contributed by atoms with Crippen LogP contribution in [-0.4, -0.2) is 17.4 Å². The van der Waals surface area contributed by atoms with Crippen molar-refractivity contribution in [2.45, 2.75) is 27.3 Å². The molecule has 0 bridgehead atoms. The summed E-state index contributed by atoms with van der Waals surface area (Å²) in [7, 11) is 0. The van der Waals surface area contributed by atoms with Gasteiger partial charge in [-0.1, -0.05) is 24.3 Å². The van der Waals surface area contributed by atoms with E-state index in [1.54, 1.807) is 24.0 Å². The summed E-state index contributed by atoms with van der Waals surface area (Å²) < 4.78 is 13.3. The van der Waals surface area contributed by atoms with Gasteiger partial charge in [0.2, 0.25) is 0 Å². The maximum atomic E-state index is 13.3. The molecule has 0 saturated heterocycles. The van der Waals surface area contributed by atoms with Gasteiger partial charge in [-0.2, -0.15) is 0 Å². The molecule has 1 amide bonds. The van der Waals surface area contributed by atoms with Crippen LogP contribution in [0.15, 0.2) is 42.5 Å². The predicted octanol–water partition coefficient (Wildman–Crippen LogP) is 4.10. The molecule has 2 aromatic carbocycles. The monoisotopic (exact) mass is 285 g/mol. The number of nitrogens with zero attached hydrogens (tertiary/aromatic N) is 1. The molecule has 3 heteroatoms. The number of hydrogen-bond acceptors (Lipinski definition) is 1. The Balaban J connectivity index is 2.22. The highest BCUT2D eigenvalue weighted by atomic mass is 19.1. The molecular formula is C18H20FNO. The fourth-order valence-electron chi connectivity index (χ4n) is 2.28. The third-order valence-electron chi connectivity index (χ3n) is 3.70. The van der Waals surface area contributed by atoms with Gasteiger partial charge in [-0.05, 0) is 55.7 Å². The lowest BCUT2D eigenvalue weighted by Gasteiger charge is -2.22. The lowest BCUT2D eigenvalue weighted by Crippen LogP contribution is -2.30. The summed E-state index contributed by atoms with van der Waals surface area (Å²) in [6.07, 6.45) is 0. The standard InChI is InChI=1S/C18H20FNO/c1-4-20(12-16-8-6-5-7-13(16)2)18(21)15-9-10-17(19)14(3)11-15/h5-11H,4,12H2,1-3H3. The number of halogens is 1. The van der Waals surface area contributed by atoms with E-state index in [0.717, 1.165) is 5.56 Å². The van der Waals surface area contributed by atoms with Crippen LogP contribution in [-0.2, 0) is 6.54 Å². The van der Waals surface area contributed by atoms with Gasteiger partial charge in [0.1, 0.15) is 5.82 Å². The Morgan fingerprint density at radius 3 is 2.43 bits per heavy atom. The molecule has 110 valence electrons. The summed E-state index contributed by atoms with van der Waals surface area (Å²) in [5.74, 6) is -0.350. The van der Waals surface area contributed by atoms with Crippen LogP contribution in [0.4, 0.5) is 4.39 Å². The molecule has 21 heavy (non-hydrogen) atoms. The van der Waals surface area contributed by atoms with Crippen molar-refractivity contribution < 1.29 is 9.18 Å². The van der Waals surface area contributed by atoms with Crippen molar-refractivity contribution >= 4 is 5.91 Å². The Bertz CT molecular complexity index is 651. The van der Waals surface area contributed by atoms with E-state index in [1.165, 1.54) is 11.6 Å². The second kappa shape index (κ2) is 6.53. The van der Waals surface area contributed by atoms with Crippen LogP contribution in [0.3, 0.4) is 0 Å². The summed E-state index contributed by atoms with van der Waals surface area (Å²) in [5, 5.41) is 0. The molecule has 0 N–H and O–H groups in total. The summed E-state index contributed by atoms with van der Waals surface area (Å²) in [4.78, 5) is 14.3. The van der Waals surface area contributed by atoms with Crippen LogP contribution in [0.25, 0.3) is 0 Å². The largest absolute Gasteiger partial charge is 0.335 e. The number of carbonyl (C=O) groups excluding carboxylic acids is 1. The minimum absolute atomic E-state index is 0.0659. The van der Waals surface area contributed by atoms with Crippen LogP contribution in [0.2, 0.25) is 0 Å². The van der Waals surface area contributed by atoms with Crippen LogP contribution < -0.4 is 0 Å². The molecule has 0 heterocycles. The average Bonchev–Trinajstić information content (AvgIpc) is 2.48. The Hall–Kier alpha value is -2.16. The van der Waals surface area contributed by atoms with Gasteiger partial charge in [-0.15, -0.1) is 0 Å². The zero-order valence-corrected chi connectivity index (χ0v) is 12.7. The normalized spacial score (nSPS) is 10.5. The van der Waals surface area contributed by atoms with Gasteiger partial charge in [-0.3, -0.25) is 4.79 Å². The smallest absolute Gasteiger partial charge is 0.254 e. The van der Waals surface area contributed by atoms with E-state index in [1.807, 2.05) is 38.1 Å². The predicted molar refractivity (Wildman–Crippen MR) is 82.7 cm³/mol. The summed E-state index contributed by atoms with van der Waals surface area (Å²) in [6, 6.07) is 12.5. The summed E-state index contributed by atoms with van der Waals surface area (Å²) >= 11 is 0. The van der Waals surface area contributed by atoms with Gasteiger partial charge in [0, 0.05) is 18.7 Å². The quantitative estimate of drug-likeness (QED) is 0.828. The van der Waals surface area contributed by atoms with Gasteiger partial charge in [0.25, 0.3) is 5.91 Å². The second-order valence-corrected chi connectivity index (χ2v) is 5.21. The minimum Gasteiger partial charge on any atom is -0.335 e. The molecule has 0 atom stereocenters. The van der Waals surface area contributed by atoms with Crippen molar-refractivity contribution in [2.75, 3.05) is 6.54 Å². The van der Waals surface area contributed by atoms with Crippen LogP contribution in [0.1, 0.15) is 34.0 Å². The minimum atomic E-state index is -0.284. The van der Waals surface area contributed by atoms with Gasteiger partial charge in [0.05, 0.1) is 0 Å². The molecule has 0 unspecified atom stereocenters. The van der Waals surface area contributed by atoms with Crippen LogP contribution in [0.5, 0.6) is 0 Å². The van der Waals surface area contributed by atoms with Crippen molar-refractivity contribution in [1.82, 2.24) is 4.90 Å². The highest BCUT2D eigenvalue weighted by Gasteiger charge is 2.16. The zero-order valence-electron chi connectivity index (χ0n) is 12.7. The number of hydrogen-bond donors (Lipinski definition) is 0. The highest BCUT2D eigenvalue weighted by Crippen LogP contribution is 2.15. The molecule has 0 saturated carbocycles. The molecule has 0 aliphatic heterocycles. The van der Waals surface area contributed by atoms with Crippen molar-refractivity contribution in [3.63, 3.8) is 0 Å². The number of aryl methyl sites for hydroxylation is 2. The lowest BCUT2D eigenvalue weighted by atomic mass is 10.1. The van der Waals surface area contributed by atoms with E-state index in [9.17, 15) is 9.18 Å². The van der Waals surface area contributed by atoms with Crippen LogP contribution >= 0.6 is 0 Å². The molecule has 0 aliphatic rings. The van der Waals surface area contributed by atoms with Crippen molar-refractivity contribution in [1.29, 1.82) is 0 Å². The second-order valence-electron chi connectivity index (χ2n) is 5.21. The molecule has 0 fully saturated rings. The van der Waals surface area contributed by atoms with E-state index in [4.69, 9.17) is 0 Å². The molecule has 2 rings (SSSR count). The summed E-state index contributed by atoms with van der Waals surface area (Å²) in [6.45, 7) is 6.84. The van der Waals surface area contributed by atoms with Gasteiger partial charge < -0.3 is 4.90 Å². The molecule has 2 nitrogen and oxygen atoms in total. The van der Waals surface area contributed by atoms with E-state index in [0.29, 0.717) is 24.2 Å². The SMILES string of the molecule is CCN(Cc1ccccc1C)C(=O)c1ccc(F)c(C)c1. The summed E-state index contributed by atoms with van der Waals surface area (Å²) in [5.41, 5.74) is 3.32. The van der Waals surface area contributed by atoms with E-state index >= 15 is 0 Å².